The summed E-state index contributed by atoms with van der Waals surface area (Å²) in [5, 5.41) is 0. The summed E-state index contributed by atoms with van der Waals surface area (Å²) < 4.78 is 33.0. The SMILES string of the molecule is Cc1ccccc1CS(=O)(=O)Nc1ccc2c(c1)OCCN2C. The highest BCUT2D eigenvalue weighted by molar-refractivity contribution is 7.91. The molecule has 2 aromatic rings. The van der Waals surface area contributed by atoms with Crippen molar-refractivity contribution in [1.82, 2.24) is 0 Å². The van der Waals surface area contributed by atoms with Gasteiger partial charge in [-0.05, 0) is 30.2 Å². The molecule has 1 heterocycles. The largest absolute Gasteiger partial charge is 0.489 e. The van der Waals surface area contributed by atoms with Crippen molar-refractivity contribution in [2.45, 2.75) is 12.7 Å². The first-order valence-electron chi connectivity index (χ1n) is 7.47. The molecule has 0 saturated heterocycles. The highest BCUT2D eigenvalue weighted by Crippen LogP contribution is 2.33. The number of nitrogens with zero attached hydrogens (tertiary/aromatic N) is 1. The number of hydrogen-bond acceptors (Lipinski definition) is 4. The van der Waals surface area contributed by atoms with Crippen molar-refractivity contribution in [1.29, 1.82) is 0 Å². The molecule has 0 aliphatic carbocycles. The van der Waals surface area contributed by atoms with Gasteiger partial charge in [-0.15, -0.1) is 0 Å². The van der Waals surface area contributed by atoms with E-state index in [-0.39, 0.29) is 5.75 Å². The molecule has 122 valence electrons. The molecule has 0 bridgehead atoms. The summed E-state index contributed by atoms with van der Waals surface area (Å²) in [5.74, 6) is 0.659. The van der Waals surface area contributed by atoms with Crippen LogP contribution >= 0.6 is 0 Å². The molecule has 0 aromatic heterocycles. The van der Waals surface area contributed by atoms with E-state index in [0.717, 1.165) is 23.4 Å². The van der Waals surface area contributed by atoms with E-state index in [0.29, 0.717) is 18.0 Å². The maximum absolute atomic E-state index is 12.4. The predicted octanol–water partition coefficient (Wildman–Crippen LogP) is 2.77. The normalized spacial score (nSPS) is 14.1. The monoisotopic (exact) mass is 332 g/mol. The minimum absolute atomic E-state index is 0.0441. The molecular weight excluding hydrogens is 312 g/mol. The predicted molar refractivity (Wildman–Crippen MR) is 92.6 cm³/mol. The van der Waals surface area contributed by atoms with E-state index in [1.54, 1.807) is 12.1 Å². The van der Waals surface area contributed by atoms with Gasteiger partial charge in [-0.3, -0.25) is 4.72 Å². The second kappa shape index (κ2) is 6.12. The molecule has 23 heavy (non-hydrogen) atoms. The third kappa shape index (κ3) is 3.59. The highest BCUT2D eigenvalue weighted by atomic mass is 32.2. The van der Waals surface area contributed by atoms with Crippen LogP contribution in [-0.2, 0) is 15.8 Å². The summed E-state index contributed by atoms with van der Waals surface area (Å²) in [5.41, 5.74) is 3.26. The van der Waals surface area contributed by atoms with Crippen LogP contribution in [0.4, 0.5) is 11.4 Å². The van der Waals surface area contributed by atoms with Crippen molar-refractivity contribution in [3.8, 4) is 5.75 Å². The summed E-state index contributed by atoms with van der Waals surface area (Å²) in [7, 11) is -1.48. The molecular formula is C17H20N2O3S. The lowest BCUT2D eigenvalue weighted by molar-refractivity contribution is 0.311. The van der Waals surface area contributed by atoms with Crippen LogP contribution in [0.5, 0.6) is 5.75 Å². The molecule has 1 aliphatic rings. The number of nitrogens with one attached hydrogen (secondary N) is 1. The Hall–Kier alpha value is -2.21. The van der Waals surface area contributed by atoms with Crippen LogP contribution in [0.1, 0.15) is 11.1 Å². The molecule has 0 spiro atoms. The second-order valence-corrected chi connectivity index (χ2v) is 7.46. The fourth-order valence-electron chi connectivity index (χ4n) is 2.61. The smallest absolute Gasteiger partial charge is 0.236 e. The maximum atomic E-state index is 12.4. The Balaban J connectivity index is 1.80. The summed E-state index contributed by atoms with van der Waals surface area (Å²) >= 11 is 0. The summed E-state index contributed by atoms with van der Waals surface area (Å²) in [4.78, 5) is 2.09. The Morgan fingerprint density at radius 1 is 1.22 bits per heavy atom. The molecule has 0 unspecified atom stereocenters. The van der Waals surface area contributed by atoms with Gasteiger partial charge in [-0.1, -0.05) is 24.3 Å². The number of ether oxygens (including phenoxy) is 1. The van der Waals surface area contributed by atoms with Crippen LogP contribution < -0.4 is 14.4 Å². The van der Waals surface area contributed by atoms with E-state index in [2.05, 4.69) is 9.62 Å². The fraction of sp³-hybridized carbons (Fsp3) is 0.294. The third-order valence-electron chi connectivity index (χ3n) is 3.94. The topological polar surface area (TPSA) is 58.6 Å². The molecule has 3 rings (SSSR count). The van der Waals surface area contributed by atoms with E-state index in [4.69, 9.17) is 4.74 Å². The van der Waals surface area contributed by atoms with E-state index >= 15 is 0 Å². The number of aryl methyl sites for hydroxylation is 1. The minimum atomic E-state index is -3.47. The molecule has 6 heteroatoms. The van der Waals surface area contributed by atoms with Crippen molar-refractivity contribution in [2.75, 3.05) is 29.8 Å². The number of likely N-dealkylation sites (N-methyl/N-ethyl adjacent to an activating group) is 1. The quantitative estimate of drug-likeness (QED) is 0.935. The van der Waals surface area contributed by atoms with Gasteiger partial charge in [-0.25, -0.2) is 8.42 Å². The van der Waals surface area contributed by atoms with Gasteiger partial charge in [0.25, 0.3) is 0 Å². The number of rotatable bonds is 4. The van der Waals surface area contributed by atoms with Crippen molar-refractivity contribution in [2.24, 2.45) is 0 Å². The van der Waals surface area contributed by atoms with Crippen LogP contribution in [0.15, 0.2) is 42.5 Å². The first kappa shape index (κ1) is 15.7. The first-order valence-corrected chi connectivity index (χ1v) is 9.13. The zero-order valence-corrected chi connectivity index (χ0v) is 14.1. The van der Waals surface area contributed by atoms with Crippen molar-refractivity contribution >= 4 is 21.4 Å². The molecule has 1 N–H and O–H groups in total. The summed E-state index contributed by atoms with van der Waals surface area (Å²) in [6.45, 7) is 3.34. The van der Waals surface area contributed by atoms with E-state index in [1.165, 1.54) is 0 Å². The fourth-order valence-corrected chi connectivity index (χ4v) is 3.91. The number of anilines is 2. The zero-order chi connectivity index (χ0) is 16.4. The molecule has 1 aliphatic heterocycles. The Labute approximate surface area is 136 Å². The van der Waals surface area contributed by atoms with E-state index < -0.39 is 10.0 Å². The van der Waals surface area contributed by atoms with Crippen molar-refractivity contribution < 1.29 is 13.2 Å². The lowest BCUT2D eigenvalue weighted by atomic mass is 10.1. The summed E-state index contributed by atoms with van der Waals surface area (Å²) in [6, 6.07) is 12.9. The Bertz CT molecular complexity index is 818. The van der Waals surface area contributed by atoms with Crippen LogP contribution in [0.2, 0.25) is 0 Å². The lowest BCUT2D eigenvalue weighted by Crippen LogP contribution is -2.28. The number of fused-ring (bicyclic) bond motifs is 1. The lowest BCUT2D eigenvalue weighted by Gasteiger charge is -2.28. The van der Waals surface area contributed by atoms with Gasteiger partial charge in [-0.2, -0.15) is 0 Å². The third-order valence-corrected chi connectivity index (χ3v) is 5.17. The van der Waals surface area contributed by atoms with Gasteiger partial charge in [0.2, 0.25) is 10.0 Å². The Kier molecular flexibility index (Phi) is 4.17. The van der Waals surface area contributed by atoms with E-state index in [1.807, 2.05) is 44.3 Å². The average molecular weight is 332 g/mol. The van der Waals surface area contributed by atoms with Crippen molar-refractivity contribution in [3.05, 3.63) is 53.6 Å². The highest BCUT2D eigenvalue weighted by Gasteiger charge is 2.18. The van der Waals surface area contributed by atoms with Gasteiger partial charge in [0.05, 0.1) is 23.7 Å². The van der Waals surface area contributed by atoms with Gasteiger partial charge in [0.1, 0.15) is 12.4 Å². The number of hydrogen-bond donors (Lipinski definition) is 1. The number of sulfonamides is 1. The van der Waals surface area contributed by atoms with Gasteiger partial charge in [0, 0.05) is 13.1 Å². The molecule has 5 nitrogen and oxygen atoms in total. The standard InChI is InChI=1S/C17H20N2O3S/c1-13-5-3-4-6-14(13)12-23(20,21)18-15-7-8-16-17(11-15)22-10-9-19(16)2/h3-8,11,18H,9-10,12H2,1-2H3. The summed E-state index contributed by atoms with van der Waals surface area (Å²) in [6.07, 6.45) is 0. The van der Waals surface area contributed by atoms with Gasteiger partial charge in [0.15, 0.2) is 0 Å². The minimum Gasteiger partial charge on any atom is -0.489 e. The molecule has 2 aromatic carbocycles. The van der Waals surface area contributed by atoms with Crippen LogP contribution in [-0.4, -0.2) is 28.6 Å². The van der Waals surface area contributed by atoms with E-state index in [9.17, 15) is 8.42 Å². The average Bonchev–Trinajstić information content (AvgIpc) is 2.49. The van der Waals surface area contributed by atoms with Crippen molar-refractivity contribution in [3.63, 3.8) is 0 Å². The molecule has 0 radical (unpaired) electrons. The first-order chi connectivity index (χ1) is 10.9. The number of benzene rings is 2. The maximum Gasteiger partial charge on any atom is 0.236 e. The van der Waals surface area contributed by atoms with Gasteiger partial charge >= 0.3 is 0 Å². The molecule has 0 fully saturated rings. The zero-order valence-electron chi connectivity index (χ0n) is 13.2. The molecule has 0 atom stereocenters. The Morgan fingerprint density at radius 3 is 2.78 bits per heavy atom. The second-order valence-electron chi connectivity index (χ2n) is 5.74. The van der Waals surface area contributed by atoms with Crippen LogP contribution in [0.3, 0.4) is 0 Å². The van der Waals surface area contributed by atoms with Gasteiger partial charge < -0.3 is 9.64 Å². The molecule has 0 amide bonds. The van der Waals surface area contributed by atoms with Crippen LogP contribution in [0, 0.1) is 6.92 Å². The Morgan fingerprint density at radius 2 is 2.00 bits per heavy atom. The van der Waals surface area contributed by atoms with Crippen LogP contribution in [0.25, 0.3) is 0 Å². The molecule has 0 saturated carbocycles.